The van der Waals surface area contributed by atoms with Crippen LogP contribution in [0.2, 0.25) is 5.02 Å². The summed E-state index contributed by atoms with van der Waals surface area (Å²) in [6.45, 7) is 9.05. The second-order valence-electron chi connectivity index (χ2n) is 9.74. The lowest BCUT2D eigenvalue weighted by molar-refractivity contribution is -0.00535. The molecule has 10 nitrogen and oxygen atoms in total. The number of nitrogen functional groups attached to an aromatic ring is 1. The summed E-state index contributed by atoms with van der Waals surface area (Å²) >= 11 is 6.24. The highest BCUT2D eigenvalue weighted by molar-refractivity contribution is 6.33. The summed E-state index contributed by atoms with van der Waals surface area (Å²) in [5.74, 6) is 0.290. The molecule has 2 aliphatic rings. The molecular weight excluding hydrogens is 499 g/mol. The van der Waals surface area contributed by atoms with E-state index in [1.54, 1.807) is 0 Å². The van der Waals surface area contributed by atoms with Crippen molar-refractivity contribution in [2.45, 2.75) is 44.9 Å². The molecule has 2 atom stereocenters. The van der Waals surface area contributed by atoms with Gasteiger partial charge in [0.05, 0.1) is 35.1 Å². The molecule has 5 rings (SSSR count). The highest BCUT2D eigenvalue weighted by atomic mass is 35.5. The number of nitrogens with one attached hydrogen (secondary N) is 2. The topological polar surface area (TPSA) is 126 Å². The number of fused-ring (bicyclic) bond motifs is 1. The van der Waals surface area contributed by atoms with Gasteiger partial charge >= 0.3 is 0 Å². The Balaban J connectivity index is 0.000000396. The van der Waals surface area contributed by atoms with Crippen LogP contribution >= 0.6 is 11.6 Å². The van der Waals surface area contributed by atoms with Crippen LogP contribution in [0.5, 0.6) is 0 Å². The summed E-state index contributed by atoms with van der Waals surface area (Å²) in [7, 11) is 2.11. The van der Waals surface area contributed by atoms with Crippen LogP contribution in [-0.2, 0) is 4.74 Å². The lowest BCUT2D eigenvalue weighted by Crippen LogP contribution is -2.52. The monoisotopic (exact) mass is 534 g/mol. The molecule has 0 saturated carbocycles. The van der Waals surface area contributed by atoms with E-state index in [1.807, 2.05) is 24.5 Å². The van der Waals surface area contributed by atoms with E-state index in [0.29, 0.717) is 52.5 Å². The molecule has 2 saturated heterocycles. The van der Waals surface area contributed by atoms with E-state index in [4.69, 9.17) is 27.2 Å². The Labute approximate surface area is 221 Å². The molecule has 0 radical (unpaired) electrons. The number of piperazine rings is 1. The molecule has 12 heteroatoms. The van der Waals surface area contributed by atoms with Gasteiger partial charge in [-0.3, -0.25) is 4.90 Å². The third kappa shape index (κ3) is 6.66. The third-order valence-electron chi connectivity index (χ3n) is 6.58. The summed E-state index contributed by atoms with van der Waals surface area (Å²) in [5.41, 5.74) is 7.61. The van der Waals surface area contributed by atoms with Gasteiger partial charge < -0.3 is 30.8 Å². The van der Waals surface area contributed by atoms with Crippen LogP contribution in [0.1, 0.15) is 32.7 Å². The first-order valence-electron chi connectivity index (χ1n) is 12.6. The summed E-state index contributed by atoms with van der Waals surface area (Å²) in [5, 5.41) is 15.9. The molecular formula is C25H36ClFN8O2. The molecule has 1 aromatic carbocycles. The first kappa shape index (κ1) is 27.5. The van der Waals surface area contributed by atoms with Gasteiger partial charge in [0.15, 0.2) is 5.82 Å². The number of imidazole rings is 1. The molecule has 0 amide bonds. The molecule has 37 heavy (non-hydrogen) atoms. The fourth-order valence-corrected chi connectivity index (χ4v) is 4.74. The smallest absolute Gasteiger partial charge is 0.220 e. The van der Waals surface area contributed by atoms with Gasteiger partial charge in [-0.1, -0.05) is 11.6 Å². The lowest BCUT2D eigenvalue weighted by Gasteiger charge is -2.33. The molecule has 3 aromatic rings. The number of anilines is 2. The van der Waals surface area contributed by atoms with Gasteiger partial charge in [0.25, 0.3) is 0 Å². The average molecular weight is 535 g/mol. The van der Waals surface area contributed by atoms with E-state index in [2.05, 4.69) is 37.5 Å². The summed E-state index contributed by atoms with van der Waals surface area (Å²) in [4.78, 5) is 14.9. The molecule has 0 aliphatic carbocycles. The summed E-state index contributed by atoms with van der Waals surface area (Å²) < 4.78 is 22.0. The predicted molar refractivity (Wildman–Crippen MR) is 144 cm³/mol. The molecule has 2 aliphatic heterocycles. The number of likely N-dealkylation sites (N-methyl/N-ethyl adjacent to an activating group) is 1. The fraction of sp³-hybridized carbons (Fsp3) is 0.560. The Morgan fingerprint density at radius 1 is 1.35 bits per heavy atom. The standard InChI is InChI=1S/C20H26ClFN8.C5H10O2/c1-11(2)30-16-7-12(17-14(21)10-25-19(23)27-17)6-15(22)18(16)28-20(30)26-9-13-8-24-4-5-29(13)3;6-5-2-1-3-7-4-5/h6-7,10-11,13,24H,4-5,8-9H2,1-3H3,(H,26,28)(H2,23,25,27);5-6H,1-4H2. The molecule has 0 bridgehead atoms. The third-order valence-corrected chi connectivity index (χ3v) is 6.85. The number of aliphatic hydroxyl groups is 1. The Kier molecular flexibility index (Phi) is 9.14. The van der Waals surface area contributed by atoms with E-state index in [9.17, 15) is 0 Å². The first-order chi connectivity index (χ1) is 17.7. The number of halogens is 2. The van der Waals surface area contributed by atoms with E-state index in [-0.39, 0.29) is 18.1 Å². The molecule has 202 valence electrons. The van der Waals surface area contributed by atoms with Crippen molar-refractivity contribution in [3.63, 3.8) is 0 Å². The highest BCUT2D eigenvalue weighted by Crippen LogP contribution is 2.33. The number of aliphatic hydroxyl groups excluding tert-OH is 1. The maximum atomic E-state index is 15.0. The zero-order valence-corrected chi connectivity index (χ0v) is 22.3. The van der Waals surface area contributed by atoms with E-state index in [0.717, 1.165) is 39.1 Å². The fourth-order valence-electron chi connectivity index (χ4n) is 4.54. The maximum absolute atomic E-state index is 15.0. The minimum absolute atomic E-state index is 0.0697. The second kappa shape index (κ2) is 12.3. The number of ether oxygens (including phenoxy) is 1. The zero-order valence-electron chi connectivity index (χ0n) is 21.5. The lowest BCUT2D eigenvalue weighted by atomic mass is 10.1. The van der Waals surface area contributed by atoms with Crippen molar-refractivity contribution in [3.05, 3.63) is 29.2 Å². The number of nitrogens with two attached hydrogens (primary N) is 1. The molecule has 2 aromatic heterocycles. The van der Waals surface area contributed by atoms with Gasteiger partial charge in [0.2, 0.25) is 11.9 Å². The SMILES string of the molecule is CC(C)n1c(NCC2CNCCN2C)nc2c(F)cc(-c3nc(N)ncc3Cl)cc21.OC1CCCOC1. The first-order valence-corrected chi connectivity index (χ1v) is 13.0. The van der Waals surface area contributed by atoms with Crippen molar-refractivity contribution in [2.75, 3.05) is 57.5 Å². The Hall–Kier alpha value is -2.57. The van der Waals surface area contributed by atoms with Gasteiger partial charge in [0, 0.05) is 50.4 Å². The van der Waals surface area contributed by atoms with Crippen molar-refractivity contribution in [1.82, 2.24) is 29.7 Å². The van der Waals surface area contributed by atoms with Crippen LogP contribution in [0, 0.1) is 5.82 Å². The molecule has 0 spiro atoms. The van der Waals surface area contributed by atoms with Gasteiger partial charge in [-0.2, -0.15) is 0 Å². The van der Waals surface area contributed by atoms with E-state index >= 15 is 4.39 Å². The quantitative estimate of drug-likeness (QED) is 0.391. The number of benzene rings is 1. The number of nitrogens with zero attached hydrogens (tertiary/aromatic N) is 5. The van der Waals surface area contributed by atoms with Gasteiger partial charge in [0.1, 0.15) is 5.52 Å². The molecule has 4 heterocycles. The van der Waals surface area contributed by atoms with Crippen LogP contribution in [0.4, 0.5) is 16.3 Å². The number of aromatic nitrogens is 4. The van der Waals surface area contributed by atoms with Crippen molar-refractivity contribution in [3.8, 4) is 11.3 Å². The van der Waals surface area contributed by atoms with E-state index < -0.39 is 5.82 Å². The van der Waals surface area contributed by atoms with Crippen molar-refractivity contribution >= 4 is 34.5 Å². The second-order valence-corrected chi connectivity index (χ2v) is 10.1. The Bertz CT molecular complexity index is 1200. The van der Waals surface area contributed by atoms with Crippen LogP contribution in [0.3, 0.4) is 0 Å². The molecule has 2 fully saturated rings. The van der Waals surface area contributed by atoms with Crippen molar-refractivity contribution in [2.24, 2.45) is 0 Å². The largest absolute Gasteiger partial charge is 0.391 e. The van der Waals surface area contributed by atoms with Crippen LogP contribution in [0.25, 0.3) is 22.3 Å². The average Bonchev–Trinajstić information content (AvgIpc) is 3.25. The summed E-state index contributed by atoms with van der Waals surface area (Å²) in [6, 6.07) is 3.64. The molecule has 5 N–H and O–H groups in total. The predicted octanol–water partition coefficient (Wildman–Crippen LogP) is 2.92. The number of hydrogen-bond acceptors (Lipinski definition) is 9. The van der Waals surface area contributed by atoms with Gasteiger partial charge in [-0.15, -0.1) is 0 Å². The minimum atomic E-state index is -0.436. The maximum Gasteiger partial charge on any atom is 0.220 e. The Morgan fingerprint density at radius 3 is 2.81 bits per heavy atom. The van der Waals surface area contributed by atoms with Crippen LogP contribution in [0.15, 0.2) is 18.3 Å². The number of rotatable bonds is 5. The normalized spacial score (nSPS) is 20.6. The van der Waals surface area contributed by atoms with Crippen LogP contribution in [-0.4, -0.2) is 88.1 Å². The Morgan fingerprint density at radius 2 is 2.16 bits per heavy atom. The minimum Gasteiger partial charge on any atom is -0.391 e. The molecule has 2 unspecified atom stereocenters. The van der Waals surface area contributed by atoms with Crippen molar-refractivity contribution in [1.29, 1.82) is 0 Å². The van der Waals surface area contributed by atoms with E-state index in [1.165, 1.54) is 12.3 Å². The van der Waals surface area contributed by atoms with Crippen molar-refractivity contribution < 1.29 is 14.2 Å². The van der Waals surface area contributed by atoms with Gasteiger partial charge in [-0.05, 0) is 45.9 Å². The van der Waals surface area contributed by atoms with Crippen LogP contribution < -0.4 is 16.4 Å². The van der Waals surface area contributed by atoms with Gasteiger partial charge in [-0.25, -0.2) is 19.3 Å². The highest BCUT2D eigenvalue weighted by Gasteiger charge is 2.22. The number of hydrogen-bond donors (Lipinski definition) is 4. The zero-order chi connectivity index (χ0) is 26.5. The summed E-state index contributed by atoms with van der Waals surface area (Å²) in [6.07, 6.45) is 3.16.